The number of alkyl carbamates (subject to hydrolysis) is 1. The summed E-state index contributed by atoms with van der Waals surface area (Å²) >= 11 is 7.27. The van der Waals surface area contributed by atoms with Crippen molar-refractivity contribution in [1.82, 2.24) is 10.2 Å². The summed E-state index contributed by atoms with van der Waals surface area (Å²) in [5.41, 5.74) is -0.612. The van der Waals surface area contributed by atoms with E-state index in [1.807, 2.05) is 19.1 Å². The summed E-state index contributed by atoms with van der Waals surface area (Å²) in [6.45, 7) is 6.95. The molecule has 1 heterocycles. The summed E-state index contributed by atoms with van der Waals surface area (Å²) < 4.78 is 20.5. The Morgan fingerprint density at radius 2 is 2.08 bits per heavy atom. The first kappa shape index (κ1) is 29.0. The number of nitrogens with one attached hydrogen (secondary N) is 1. The first-order valence-corrected chi connectivity index (χ1v) is 13.5. The van der Waals surface area contributed by atoms with E-state index in [1.165, 1.54) is 28.8 Å². The molecule has 1 aliphatic heterocycles. The van der Waals surface area contributed by atoms with Gasteiger partial charge in [-0.2, -0.15) is 0 Å². The minimum absolute atomic E-state index is 0.0807. The Bertz CT molecular complexity index is 1100. The first-order valence-electron chi connectivity index (χ1n) is 12.1. The number of aliphatic hydroxyl groups is 1. The van der Waals surface area contributed by atoms with Gasteiger partial charge in [-0.15, -0.1) is 11.8 Å². The Kier molecular flexibility index (Phi) is 9.66. The molecule has 0 spiro atoms. The number of ether oxygens (including phenoxy) is 1. The third-order valence-corrected chi connectivity index (χ3v) is 7.16. The maximum atomic E-state index is 15.1. The predicted molar refractivity (Wildman–Crippen MR) is 142 cm³/mol. The normalized spacial score (nSPS) is 19.6. The number of aliphatic hydroxyl groups excluding tert-OH is 1. The number of carbonyl (C=O) groups excluding carboxylic acids is 3. The first-order chi connectivity index (χ1) is 17.4. The lowest BCUT2D eigenvalue weighted by Gasteiger charge is -2.30. The van der Waals surface area contributed by atoms with Gasteiger partial charge in [0.2, 0.25) is 0 Å². The quantitative estimate of drug-likeness (QED) is 0.477. The van der Waals surface area contributed by atoms with Gasteiger partial charge in [-0.1, -0.05) is 30.7 Å². The average Bonchev–Trinajstić information content (AvgIpc) is 2.94. The molecule has 37 heavy (non-hydrogen) atoms. The number of fused-ring (bicyclic) bond motifs is 1. The molecule has 0 bridgehead atoms. The van der Waals surface area contributed by atoms with Crippen molar-refractivity contribution in [3.63, 3.8) is 0 Å². The van der Waals surface area contributed by atoms with Crippen LogP contribution in [0.2, 0.25) is 0 Å². The molecule has 3 amide bonds. The van der Waals surface area contributed by atoms with Crippen molar-refractivity contribution in [2.75, 3.05) is 30.5 Å². The zero-order valence-electron chi connectivity index (χ0n) is 21.4. The average molecular weight is 554 g/mol. The van der Waals surface area contributed by atoms with Crippen LogP contribution in [0.25, 0.3) is 0 Å². The van der Waals surface area contributed by atoms with Crippen molar-refractivity contribution in [1.29, 1.82) is 0 Å². The van der Waals surface area contributed by atoms with Gasteiger partial charge in [-0.3, -0.25) is 9.59 Å². The van der Waals surface area contributed by atoms with Gasteiger partial charge in [0.05, 0.1) is 11.3 Å². The number of halogens is 2. The fourth-order valence-corrected chi connectivity index (χ4v) is 5.25. The number of hydrogen-bond acceptors (Lipinski definition) is 6. The van der Waals surface area contributed by atoms with E-state index in [0.717, 1.165) is 4.90 Å². The zero-order valence-corrected chi connectivity index (χ0v) is 23.0. The molecule has 0 aromatic heterocycles. The van der Waals surface area contributed by atoms with Crippen LogP contribution in [0.3, 0.4) is 0 Å². The SMILES string of the molecule is CCCN(CO)C(=O)c1cc2c(cc1F)SC[C@H](NC(=O)OC(C)(C)C)C(=O)N2CC1C=CC(Cl)=CC1. The fourth-order valence-electron chi connectivity index (χ4n) is 4.01. The van der Waals surface area contributed by atoms with Crippen LogP contribution in [-0.4, -0.2) is 65.1 Å². The molecule has 1 unspecified atom stereocenters. The second kappa shape index (κ2) is 12.3. The van der Waals surface area contributed by atoms with E-state index in [2.05, 4.69) is 5.32 Å². The molecule has 0 fully saturated rings. The highest BCUT2D eigenvalue weighted by Gasteiger charge is 2.35. The van der Waals surface area contributed by atoms with Crippen LogP contribution in [-0.2, 0) is 9.53 Å². The number of amides is 3. The zero-order chi connectivity index (χ0) is 27.3. The van der Waals surface area contributed by atoms with Crippen LogP contribution in [0.4, 0.5) is 14.9 Å². The molecule has 202 valence electrons. The highest BCUT2D eigenvalue weighted by molar-refractivity contribution is 7.99. The molecule has 0 radical (unpaired) electrons. The summed E-state index contributed by atoms with van der Waals surface area (Å²) in [5.74, 6) is -1.74. The summed E-state index contributed by atoms with van der Waals surface area (Å²) in [6.07, 6.45) is 5.95. The topological polar surface area (TPSA) is 99.2 Å². The van der Waals surface area contributed by atoms with Crippen molar-refractivity contribution >= 4 is 47.0 Å². The van der Waals surface area contributed by atoms with Gasteiger partial charge in [0.15, 0.2) is 0 Å². The van der Waals surface area contributed by atoms with E-state index in [0.29, 0.717) is 28.5 Å². The van der Waals surface area contributed by atoms with E-state index in [9.17, 15) is 19.5 Å². The van der Waals surface area contributed by atoms with E-state index < -0.39 is 42.1 Å². The van der Waals surface area contributed by atoms with Gasteiger partial charge in [0.1, 0.15) is 24.2 Å². The number of thioether (sulfide) groups is 1. The Labute approximate surface area is 225 Å². The summed E-state index contributed by atoms with van der Waals surface area (Å²) in [4.78, 5) is 42.4. The predicted octanol–water partition coefficient (Wildman–Crippen LogP) is 4.66. The molecule has 2 atom stereocenters. The van der Waals surface area contributed by atoms with Gasteiger partial charge in [-0.05, 0) is 57.7 Å². The molecule has 3 rings (SSSR count). The van der Waals surface area contributed by atoms with Crippen molar-refractivity contribution in [2.24, 2.45) is 5.92 Å². The van der Waals surface area contributed by atoms with Crippen LogP contribution in [0.15, 0.2) is 40.3 Å². The standard InChI is InChI=1S/C26H33ClFN3O5S/c1-5-10-30(15-32)23(33)18-11-21-22(12-19(18)28)37-14-20(29-25(35)36-26(2,3)4)24(34)31(21)13-16-6-8-17(27)9-7-16/h6,8-9,11-12,16,20,32H,5,7,10,13-15H2,1-4H3,(H,29,35)/t16?,20-/m0/s1. The van der Waals surface area contributed by atoms with Crippen molar-refractivity contribution < 1.29 is 28.6 Å². The second-order valence-electron chi connectivity index (χ2n) is 9.91. The number of carbonyl (C=O) groups is 3. The smallest absolute Gasteiger partial charge is 0.408 e. The molecule has 8 nitrogen and oxygen atoms in total. The summed E-state index contributed by atoms with van der Waals surface area (Å²) in [5, 5.41) is 12.9. The molecule has 2 N–H and O–H groups in total. The number of hydrogen-bond donors (Lipinski definition) is 2. The summed E-state index contributed by atoms with van der Waals surface area (Å²) in [7, 11) is 0. The van der Waals surface area contributed by atoms with Crippen LogP contribution >= 0.6 is 23.4 Å². The van der Waals surface area contributed by atoms with Crippen LogP contribution in [0.5, 0.6) is 0 Å². The number of allylic oxidation sites excluding steroid dienone is 3. The molecule has 0 saturated heterocycles. The van der Waals surface area contributed by atoms with E-state index in [-0.39, 0.29) is 30.3 Å². The van der Waals surface area contributed by atoms with Gasteiger partial charge in [0, 0.05) is 28.8 Å². The van der Waals surface area contributed by atoms with Crippen LogP contribution < -0.4 is 10.2 Å². The number of rotatable bonds is 7. The molecular weight excluding hydrogens is 521 g/mol. The molecule has 2 aliphatic rings. The van der Waals surface area contributed by atoms with Gasteiger partial charge >= 0.3 is 6.09 Å². The van der Waals surface area contributed by atoms with Crippen molar-refractivity contribution in [2.45, 2.75) is 57.1 Å². The monoisotopic (exact) mass is 553 g/mol. The molecule has 1 aromatic carbocycles. The third-order valence-electron chi connectivity index (χ3n) is 5.74. The van der Waals surface area contributed by atoms with E-state index in [4.69, 9.17) is 16.3 Å². The van der Waals surface area contributed by atoms with Crippen LogP contribution in [0.1, 0.15) is 50.9 Å². The minimum atomic E-state index is -0.935. The lowest BCUT2D eigenvalue weighted by atomic mass is 9.99. The third kappa shape index (κ3) is 7.49. The lowest BCUT2D eigenvalue weighted by molar-refractivity contribution is -0.120. The highest BCUT2D eigenvalue weighted by atomic mass is 35.5. The Morgan fingerprint density at radius 3 is 2.68 bits per heavy atom. The fraction of sp³-hybridized carbons (Fsp3) is 0.500. The van der Waals surface area contributed by atoms with Gasteiger partial charge in [-0.25, -0.2) is 9.18 Å². The molecule has 1 aromatic rings. The lowest BCUT2D eigenvalue weighted by Crippen LogP contribution is -2.51. The molecule has 1 aliphatic carbocycles. The largest absolute Gasteiger partial charge is 0.444 e. The number of anilines is 1. The van der Waals surface area contributed by atoms with Gasteiger partial charge in [0.25, 0.3) is 11.8 Å². The molecule has 0 saturated carbocycles. The number of nitrogens with zero attached hydrogens (tertiary/aromatic N) is 2. The van der Waals surface area contributed by atoms with E-state index >= 15 is 4.39 Å². The maximum Gasteiger partial charge on any atom is 0.408 e. The highest BCUT2D eigenvalue weighted by Crippen LogP contribution is 2.38. The Morgan fingerprint density at radius 1 is 1.35 bits per heavy atom. The van der Waals surface area contributed by atoms with E-state index in [1.54, 1.807) is 26.8 Å². The number of benzene rings is 1. The van der Waals surface area contributed by atoms with Crippen molar-refractivity contribution in [3.8, 4) is 0 Å². The molecule has 11 heteroatoms. The Hall–Kier alpha value is -2.56. The van der Waals surface area contributed by atoms with Crippen LogP contribution in [0, 0.1) is 11.7 Å². The van der Waals surface area contributed by atoms with Gasteiger partial charge < -0.3 is 25.0 Å². The maximum absolute atomic E-state index is 15.1. The summed E-state index contributed by atoms with van der Waals surface area (Å²) in [6, 6.07) is 1.66. The second-order valence-corrected chi connectivity index (χ2v) is 11.4. The van der Waals surface area contributed by atoms with Crippen molar-refractivity contribution in [3.05, 3.63) is 46.8 Å². The Balaban J connectivity index is 1.99. The minimum Gasteiger partial charge on any atom is -0.444 e. The molecular formula is C26H33ClFN3O5S.